The van der Waals surface area contributed by atoms with Crippen LogP contribution in [-0.2, 0) is 9.59 Å². The van der Waals surface area contributed by atoms with Crippen molar-refractivity contribution in [2.24, 2.45) is 11.3 Å². The molecule has 1 unspecified atom stereocenters. The quantitative estimate of drug-likeness (QED) is 0.889. The van der Waals surface area contributed by atoms with Crippen LogP contribution in [0.1, 0.15) is 30.4 Å². The molecule has 0 aromatic heterocycles. The fourth-order valence-electron chi connectivity index (χ4n) is 3.92. The van der Waals surface area contributed by atoms with Gasteiger partial charge in [0.05, 0.1) is 6.54 Å². The molecule has 0 radical (unpaired) electrons. The molecule has 0 bridgehead atoms. The summed E-state index contributed by atoms with van der Waals surface area (Å²) in [5.74, 6) is 0.0920. The fraction of sp³-hybridized carbons (Fsp3) is 0.579. The minimum absolute atomic E-state index is 0.109. The topological polar surface area (TPSA) is 61.4 Å². The lowest BCUT2D eigenvalue weighted by Gasteiger charge is -2.25. The van der Waals surface area contributed by atoms with E-state index in [1.807, 2.05) is 32.0 Å². The Bertz CT molecular complexity index is 630. The minimum atomic E-state index is -0.136. The summed E-state index contributed by atoms with van der Waals surface area (Å²) in [4.78, 5) is 26.5. The van der Waals surface area contributed by atoms with Gasteiger partial charge in [0.2, 0.25) is 11.8 Å². The molecule has 1 aromatic carbocycles. The average molecular weight is 329 g/mol. The van der Waals surface area contributed by atoms with Gasteiger partial charge in [-0.3, -0.25) is 9.59 Å². The number of hydrogen-bond acceptors (Lipinski definition) is 3. The average Bonchev–Trinajstić information content (AvgIpc) is 3.24. The zero-order valence-corrected chi connectivity index (χ0v) is 14.8. The highest BCUT2D eigenvalue weighted by Crippen LogP contribution is 2.59. The van der Waals surface area contributed by atoms with Gasteiger partial charge < -0.3 is 15.5 Å². The number of nitrogens with zero attached hydrogens (tertiary/aromatic N) is 1. The number of aryl methyl sites for hydroxylation is 2. The van der Waals surface area contributed by atoms with E-state index >= 15 is 0 Å². The number of amides is 2. The molecule has 1 spiro atoms. The number of anilines is 1. The summed E-state index contributed by atoms with van der Waals surface area (Å²) in [6.07, 6.45) is 3.13. The molecule has 2 aliphatic rings. The maximum atomic E-state index is 12.6. The van der Waals surface area contributed by atoms with Crippen LogP contribution in [0.2, 0.25) is 0 Å². The normalized spacial score (nSPS) is 21.4. The predicted octanol–water partition coefficient (Wildman–Crippen LogP) is 2.09. The molecule has 2 fully saturated rings. The fourth-order valence-corrected chi connectivity index (χ4v) is 3.92. The summed E-state index contributed by atoms with van der Waals surface area (Å²) in [6.45, 7) is 6.06. The third-order valence-electron chi connectivity index (χ3n) is 5.59. The SMILES string of the molecule is Cc1cccc(C)c1NC(=O)CN(C)C(=O)C1CC12CCNCC2. The second kappa shape index (κ2) is 6.55. The third kappa shape index (κ3) is 3.31. The van der Waals surface area contributed by atoms with E-state index in [9.17, 15) is 9.59 Å². The molecule has 2 amide bonds. The number of carbonyl (C=O) groups is 2. The smallest absolute Gasteiger partial charge is 0.243 e. The molecule has 3 rings (SSSR count). The van der Waals surface area contributed by atoms with Crippen LogP contribution in [0.5, 0.6) is 0 Å². The Morgan fingerprint density at radius 1 is 1.25 bits per heavy atom. The standard InChI is InChI=1S/C19H27N3O2/c1-13-5-4-6-14(2)17(13)21-16(23)12-22(3)18(24)15-11-19(15)7-9-20-10-8-19/h4-6,15,20H,7-12H2,1-3H3,(H,21,23). The van der Waals surface area contributed by atoms with Crippen LogP contribution in [0.4, 0.5) is 5.69 Å². The Hall–Kier alpha value is -1.88. The van der Waals surface area contributed by atoms with Crippen molar-refractivity contribution in [2.45, 2.75) is 33.1 Å². The van der Waals surface area contributed by atoms with Crippen molar-refractivity contribution in [1.29, 1.82) is 0 Å². The van der Waals surface area contributed by atoms with Gasteiger partial charge >= 0.3 is 0 Å². The van der Waals surface area contributed by atoms with Crippen LogP contribution in [0.15, 0.2) is 18.2 Å². The summed E-state index contributed by atoms with van der Waals surface area (Å²) in [6, 6.07) is 5.92. The molecule has 130 valence electrons. The van der Waals surface area contributed by atoms with Gasteiger partial charge in [0.15, 0.2) is 0 Å². The first kappa shape index (κ1) is 17.0. The summed E-state index contributed by atoms with van der Waals surface area (Å²) in [7, 11) is 1.74. The molecule has 5 nitrogen and oxygen atoms in total. The van der Waals surface area contributed by atoms with Crippen LogP contribution in [-0.4, -0.2) is 43.4 Å². The maximum Gasteiger partial charge on any atom is 0.243 e. The molecule has 1 saturated heterocycles. The number of carbonyl (C=O) groups excluding carboxylic acids is 2. The van der Waals surface area contributed by atoms with E-state index in [1.54, 1.807) is 11.9 Å². The number of benzene rings is 1. The number of likely N-dealkylation sites (N-methyl/N-ethyl adjacent to an activating group) is 1. The van der Waals surface area contributed by atoms with Crippen molar-refractivity contribution in [3.8, 4) is 0 Å². The lowest BCUT2D eigenvalue weighted by molar-refractivity contribution is -0.135. The van der Waals surface area contributed by atoms with Crippen LogP contribution >= 0.6 is 0 Å². The number of rotatable bonds is 4. The van der Waals surface area contributed by atoms with E-state index in [0.717, 1.165) is 49.2 Å². The molecule has 5 heteroatoms. The van der Waals surface area contributed by atoms with Gasteiger partial charge in [-0.1, -0.05) is 18.2 Å². The zero-order valence-electron chi connectivity index (χ0n) is 14.8. The van der Waals surface area contributed by atoms with Crippen molar-refractivity contribution in [1.82, 2.24) is 10.2 Å². The molecule has 1 aromatic rings. The van der Waals surface area contributed by atoms with Crippen molar-refractivity contribution in [3.05, 3.63) is 29.3 Å². The molecule has 2 N–H and O–H groups in total. The van der Waals surface area contributed by atoms with Gasteiger partial charge in [0, 0.05) is 18.7 Å². The molecule has 1 saturated carbocycles. The van der Waals surface area contributed by atoms with E-state index in [2.05, 4.69) is 10.6 Å². The maximum absolute atomic E-state index is 12.6. The number of piperidine rings is 1. The lowest BCUT2D eigenvalue weighted by atomic mass is 9.91. The van der Waals surface area contributed by atoms with E-state index in [1.165, 1.54) is 0 Å². The minimum Gasteiger partial charge on any atom is -0.336 e. The predicted molar refractivity (Wildman–Crippen MR) is 94.8 cm³/mol. The van der Waals surface area contributed by atoms with Crippen molar-refractivity contribution in [2.75, 3.05) is 32.0 Å². The van der Waals surface area contributed by atoms with E-state index < -0.39 is 0 Å². The van der Waals surface area contributed by atoms with Crippen molar-refractivity contribution in [3.63, 3.8) is 0 Å². The highest BCUT2D eigenvalue weighted by Gasteiger charge is 2.58. The molecular formula is C19H27N3O2. The van der Waals surface area contributed by atoms with E-state index in [0.29, 0.717) is 0 Å². The first-order valence-corrected chi connectivity index (χ1v) is 8.75. The van der Waals surface area contributed by atoms with Gasteiger partial charge in [-0.15, -0.1) is 0 Å². The molecule has 1 atom stereocenters. The van der Waals surface area contributed by atoms with Crippen LogP contribution in [0.3, 0.4) is 0 Å². The molecular weight excluding hydrogens is 302 g/mol. The Balaban J connectivity index is 1.56. The summed E-state index contributed by atoms with van der Waals surface area (Å²) < 4.78 is 0. The van der Waals surface area contributed by atoms with E-state index in [4.69, 9.17) is 0 Å². The Labute approximate surface area is 143 Å². The largest absolute Gasteiger partial charge is 0.336 e. The number of para-hydroxylation sites is 1. The second-order valence-corrected chi connectivity index (χ2v) is 7.38. The van der Waals surface area contributed by atoms with Gasteiger partial charge in [-0.05, 0) is 62.7 Å². The Kier molecular flexibility index (Phi) is 4.63. The van der Waals surface area contributed by atoms with E-state index in [-0.39, 0.29) is 29.7 Å². The van der Waals surface area contributed by atoms with Crippen LogP contribution in [0, 0.1) is 25.2 Å². The van der Waals surface area contributed by atoms with Crippen molar-refractivity contribution >= 4 is 17.5 Å². The summed E-state index contributed by atoms with van der Waals surface area (Å²) >= 11 is 0. The lowest BCUT2D eigenvalue weighted by Crippen LogP contribution is -2.38. The zero-order chi connectivity index (χ0) is 17.3. The van der Waals surface area contributed by atoms with Crippen molar-refractivity contribution < 1.29 is 9.59 Å². The highest BCUT2D eigenvalue weighted by molar-refractivity contribution is 5.96. The molecule has 1 heterocycles. The monoisotopic (exact) mass is 329 g/mol. The third-order valence-corrected chi connectivity index (χ3v) is 5.59. The highest BCUT2D eigenvalue weighted by atomic mass is 16.2. The molecule has 1 aliphatic heterocycles. The molecule has 24 heavy (non-hydrogen) atoms. The summed E-state index contributed by atoms with van der Waals surface area (Å²) in [5, 5.41) is 6.30. The van der Waals surface area contributed by atoms with Gasteiger partial charge in [-0.25, -0.2) is 0 Å². The summed E-state index contributed by atoms with van der Waals surface area (Å²) in [5.41, 5.74) is 3.13. The van der Waals surface area contributed by atoms with Gasteiger partial charge in [0.25, 0.3) is 0 Å². The second-order valence-electron chi connectivity index (χ2n) is 7.38. The first-order valence-electron chi connectivity index (χ1n) is 8.75. The van der Waals surface area contributed by atoms with Gasteiger partial charge in [0.1, 0.15) is 0 Å². The number of nitrogens with one attached hydrogen (secondary N) is 2. The van der Waals surface area contributed by atoms with Gasteiger partial charge in [-0.2, -0.15) is 0 Å². The van der Waals surface area contributed by atoms with Crippen LogP contribution in [0.25, 0.3) is 0 Å². The Morgan fingerprint density at radius 2 is 1.88 bits per heavy atom. The number of hydrogen-bond donors (Lipinski definition) is 2. The first-order chi connectivity index (χ1) is 11.4. The molecule has 1 aliphatic carbocycles. The Morgan fingerprint density at radius 3 is 2.50 bits per heavy atom. The van der Waals surface area contributed by atoms with Crippen LogP contribution < -0.4 is 10.6 Å².